The van der Waals surface area contributed by atoms with Crippen LogP contribution in [0, 0.1) is 5.92 Å². The van der Waals surface area contributed by atoms with Crippen molar-refractivity contribution in [2.45, 2.75) is 33.6 Å². The molecule has 0 N–H and O–H groups in total. The van der Waals surface area contributed by atoms with E-state index in [9.17, 15) is 9.59 Å². The van der Waals surface area contributed by atoms with Crippen molar-refractivity contribution in [3.05, 3.63) is 12.2 Å². The highest BCUT2D eigenvalue weighted by Gasteiger charge is 2.28. The highest BCUT2D eigenvalue weighted by Crippen LogP contribution is 2.18. The summed E-state index contributed by atoms with van der Waals surface area (Å²) < 4.78 is 5.08. The predicted molar refractivity (Wildman–Crippen MR) is 82.9 cm³/mol. The monoisotopic (exact) mass is 296 g/mol. The summed E-state index contributed by atoms with van der Waals surface area (Å²) in [6.07, 6.45) is 1.79. The maximum atomic E-state index is 12.3. The summed E-state index contributed by atoms with van der Waals surface area (Å²) in [6, 6.07) is 0. The lowest BCUT2D eigenvalue weighted by atomic mass is 9.98. The molecular weight excluding hydrogens is 268 g/mol. The first-order valence-corrected chi connectivity index (χ1v) is 7.79. The molecule has 5 heteroatoms. The molecule has 1 fully saturated rings. The zero-order valence-electron chi connectivity index (χ0n) is 13.6. The van der Waals surface area contributed by atoms with Gasteiger partial charge in [0.2, 0.25) is 5.91 Å². The number of likely N-dealkylation sites (N-methyl/N-ethyl adjacent to an activating group) is 1. The van der Waals surface area contributed by atoms with Crippen LogP contribution in [0.4, 0.5) is 0 Å². The fourth-order valence-corrected chi connectivity index (χ4v) is 2.65. The molecule has 0 bridgehead atoms. The molecule has 21 heavy (non-hydrogen) atoms. The van der Waals surface area contributed by atoms with Gasteiger partial charge in [-0.3, -0.25) is 14.5 Å². The number of hydrogen-bond acceptors (Lipinski definition) is 4. The summed E-state index contributed by atoms with van der Waals surface area (Å²) in [5, 5.41) is 0. The minimum Gasteiger partial charge on any atom is -0.466 e. The van der Waals surface area contributed by atoms with Crippen molar-refractivity contribution in [3.8, 4) is 0 Å². The van der Waals surface area contributed by atoms with E-state index < -0.39 is 0 Å². The first kappa shape index (κ1) is 17.7. The number of nitrogens with zero attached hydrogens (tertiary/aromatic N) is 2. The molecule has 0 saturated carbocycles. The highest BCUT2D eigenvalue weighted by molar-refractivity contribution is 5.78. The van der Waals surface area contributed by atoms with Gasteiger partial charge in [-0.1, -0.05) is 12.2 Å². The van der Waals surface area contributed by atoms with Gasteiger partial charge in [0.1, 0.15) is 0 Å². The first-order chi connectivity index (χ1) is 9.97. The van der Waals surface area contributed by atoms with Gasteiger partial charge < -0.3 is 9.64 Å². The minimum absolute atomic E-state index is 0.0947. The van der Waals surface area contributed by atoms with E-state index in [1.54, 1.807) is 4.90 Å². The fourth-order valence-electron chi connectivity index (χ4n) is 2.65. The van der Waals surface area contributed by atoms with E-state index in [0.717, 1.165) is 25.0 Å². The van der Waals surface area contributed by atoms with Crippen LogP contribution in [0.15, 0.2) is 12.2 Å². The molecule has 1 atom stereocenters. The molecule has 0 aromatic heterocycles. The molecule has 1 rings (SSSR count). The fraction of sp³-hybridized carbons (Fsp3) is 0.750. The van der Waals surface area contributed by atoms with E-state index in [1.807, 2.05) is 20.8 Å². The molecular formula is C16H28N2O3. The molecule has 0 spiro atoms. The summed E-state index contributed by atoms with van der Waals surface area (Å²) in [6.45, 7) is 13.1. The Hall–Kier alpha value is -1.36. The van der Waals surface area contributed by atoms with Crippen molar-refractivity contribution in [3.63, 3.8) is 0 Å². The van der Waals surface area contributed by atoms with Gasteiger partial charge in [-0.25, -0.2) is 0 Å². The number of ether oxygens (including phenoxy) is 1. The number of carbonyl (C=O) groups is 2. The average Bonchev–Trinajstić information content (AvgIpc) is 2.45. The van der Waals surface area contributed by atoms with Crippen LogP contribution < -0.4 is 0 Å². The van der Waals surface area contributed by atoms with Crippen molar-refractivity contribution in [1.29, 1.82) is 0 Å². The van der Waals surface area contributed by atoms with Crippen molar-refractivity contribution in [1.82, 2.24) is 9.80 Å². The van der Waals surface area contributed by atoms with Crippen LogP contribution in [0.3, 0.4) is 0 Å². The van der Waals surface area contributed by atoms with Crippen molar-refractivity contribution < 1.29 is 14.3 Å². The van der Waals surface area contributed by atoms with Gasteiger partial charge in [0.25, 0.3) is 0 Å². The lowest BCUT2D eigenvalue weighted by molar-refractivity contribution is -0.150. The largest absolute Gasteiger partial charge is 0.466 e. The van der Waals surface area contributed by atoms with Crippen LogP contribution in [0.5, 0.6) is 0 Å². The van der Waals surface area contributed by atoms with Crippen LogP contribution in [0.25, 0.3) is 0 Å². The van der Waals surface area contributed by atoms with Crippen LogP contribution in [-0.4, -0.2) is 61.0 Å². The van der Waals surface area contributed by atoms with E-state index in [-0.39, 0.29) is 17.8 Å². The van der Waals surface area contributed by atoms with Gasteiger partial charge in [-0.15, -0.1) is 0 Å². The van der Waals surface area contributed by atoms with Crippen LogP contribution in [0.2, 0.25) is 0 Å². The maximum absolute atomic E-state index is 12.3. The second kappa shape index (κ2) is 8.82. The van der Waals surface area contributed by atoms with E-state index in [0.29, 0.717) is 32.8 Å². The number of rotatable bonds is 7. The molecule has 0 radical (unpaired) electrons. The number of esters is 1. The Bertz CT molecular complexity index is 382. The molecule has 1 heterocycles. The van der Waals surface area contributed by atoms with Gasteiger partial charge in [0, 0.05) is 19.6 Å². The molecule has 1 aliphatic rings. The summed E-state index contributed by atoms with van der Waals surface area (Å²) >= 11 is 0. The summed E-state index contributed by atoms with van der Waals surface area (Å²) in [5.74, 6) is -0.128. The second-order valence-electron chi connectivity index (χ2n) is 5.69. The van der Waals surface area contributed by atoms with E-state index in [2.05, 4.69) is 11.5 Å². The van der Waals surface area contributed by atoms with E-state index >= 15 is 0 Å². The van der Waals surface area contributed by atoms with Crippen LogP contribution in [0.1, 0.15) is 33.6 Å². The Kier molecular flexibility index (Phi) is 7.43. The predicted octanol–water partition coefficient (Wildman–Crippen LogP) is 1.69. The highest BCUT2D eigenvalue weighted by atomic mass is 16.5. The standard InChI is InChI=1S/C16H28N2O3/c1-5-18(10-13(3)4)15(19)12-17-9-7-8-14(11-17)16(20)21-6-2/h14H,3,5-12H2,1-2,4H3. The first-order valence-electron chi connectivity index (χ1n) is 7.79. The molecule has 5 nitrogen and oxygen atoms in total. The molecule has 0 aromatic rings. The quantitative estimate of drug-likeness (QED) is 0.530. The van der Waals surface area contributed by atoms with Crippen LogP contribution >= 0.6 is 0 Å². The molecule has 1 unspecified atom stereocenters. The zero-order valence-corrected chi connectivity index (χ0v) is 13.6. The zero-order chi connectivity index (χ0) is 15.8. The van der Waals surface area contributed by atoms with Gasteiger partial charge in [0.05, 0.1) is 19.1 Å². The van der Waals surface area contributed by atoms with Crippen molar-refractivity contribution in [2.75, 3.05) is 39.3 Å². The normalized spacial score (nSPS) is 19.1. The molecule has 120 valence electrons. The Balaban J connectivity index is 2.51. The van der Waals surface area contributed by atoms with Gasteiger partial charge in [-0.2, -0.15) is 0 Å². The number of carbonyl (C=O) groups excluding carboxylic acids is 2. The Morgan fingerprint density at radius 3 is 2.67 bits per heavy atom. The van der Waals surface area contributed by atoms with Gasteiger partial charge >= 0.3 is 5.97 Å². The third kappa shape index (κ3) is 5.87. The number of amides is 1. The Labute approximate surface area is 127 Å². The molecule has 1 amide bonds. The number of piperidine rings is 1. The molecule has 0 aromatic carbocycles. The van der Waals surface area contributed by atoms with Crippen LogP contribution in [-0.2, 0) is 14.3 Å². The van der Waals surface area contributed by atoms with Crippen molar-refractivity contribution >= 4 is 11.9 Å². The van der Waals surface area contributed by atoms with Gasteiger partial charge in [-0.05, 0) is 40.2 Å². The summed E-state index contributed by atoms with van der Waals surface area (Å²) in [4.78, 5) is 28.0. The number of hydrogen-bond donors (Lipinski definition) is 0. The van der Waals surface area contributed by atoms with Crippen molar-refractivity contribution in [2.24, 2.45) is 5.92 Å². The molecule has 0 aliphatic carbocycles. The maximum Gasteiger partial charge on any atom is 0.310 e. The Morgan fingerprint density at radius 1 is 1.38 bits per heavy atom. The third-order valence-electron chi connectivity index (χ3n) is 3.68. The lowest BCUT2D eigenvalue weighted by Gasteiger charge is -2.32. The SMILES string of the molecule is C=C(C)CN(CC)C(=O)CN1CCCC(C(=O)OCC)C1. The molecule has 1 aliphatic heterocycles. The Morgan fingerprint density at radius 2 is 2.10 bits per heavy atom. The third-order valence-corrected chi connectivity index (χ3v) is 3.68. The van der Waals surface area contributed by atoms with E-state index in [4.69, 9.17) is 4.74 Å². The topological polar surface area (TPSA) is 49.9 Å². The second-order valence-corrected chi connectivity index (χ2v) is 5.69. The summed E-state index contributed by atoms with van der Waals surface area (Å²) in [5.41, 5.74) is 0.980. The summed E-state index contributed by atoms with van der Waals surface area (Å²) in [7, 11) is 0. The average molecular weight is 296 g/mol. The number of likely N-dealkylation sites (tertiary alicyclic amines) is 1. The minimum atomic E-state index is -0.135. The van der Waals surface area contributed by atoms with E-state index in [1.165, 1.54) is 0 Å². The lowest BCUT2D eigenvalue weighted by Crippen LogP contribution is -2.46. The smallest absolute Gasteiger partial charge is 0.310 e. The molecule has 1 saturated heterocycles. The van der Waals surface area contributed by atoms with Gasteiger partial charge in [0.15, 0.2) is 0 Å².